The number of hydrogen-bond acceptors (Lipinski definition) is 4. The lowest BCUT2D eigenvalue weighted by atomic mass is 10.2. The van der Waals surface area contributed by atoms with Crippen LogP contribution in [-0.2, 0) is 10.0 Å². The highest BCUT2D eigenvalue weighted by molar-refractivity contribution is 7.92. The van der Waals surface area contributed by atoms with E-state index in [1.54, 1.807) is 0 Å². The Balaban J connectivity index is 1.74. The second-order valence-electron chi connectivity index (χ2n) is 6.17. The molecule has 0 saturated heterocycles. The van der Waals surface area contributed by atoms with Gasteiger partial charge >= 0.3 is 0 Å². The summed E-state index contributed by atoms with van der Waals surface area (Å²) in [6.45, 7) is 0. The molecule has 7 nitrogen and oxygen atoms in total. The number of carbonyl (C=O) groups is 2. The fourth-order valence-electron chi connectivity index (χ4n) is 2.44. The van der Waals surface area contributed by atoms with E-state index in [-0.39, 0.29) is 26.7 Å². The van der Waals surface area contributed by atoms with Crippen molar-refractivity contribution in [1.82, 2.24) is 10.9 Å². The van der Waals surface area contributed by atoms with Crippen LogP contribution in [-0.4, -0.2) is 20.2 Å². The molecule has 0 saturated carbocycles. The van der Waals surface area contributed by atoms with Crippen molar-refractivity contribution in [2.24, 2.45) is 0 Å². The number of carbonyl (C=O) groups excluding carboxylic acids is 2. The van der Waals surface area contributed by atoms with E-state index < -0.39 is 27.7 Å². The lowest BCUT2D eigenvalue weighted by Gasteiger charge is -2.12. The standard InChI is InChI=1S/C20H14Cl2FN3O4S/c21-14-4-1-12(2-5-14)19(27)24-25-20(28)13-3-10-17(22)18(11-13)31(29,30)26-16-8-6-15(23)7-9-16/h1-11,26H,(H,24,27)(H,25,28). The van der Waals surface area contributed by atoms with E-state index >= 15 is 0 Å². The molecule has 0 atom stereocenters. The number of amides is 2. The number of halogens is 3. The van der Waals surface area contributed by atoms with Crippen LogP contribution in [0.25, 0.3) is 0 Å². The van der Waals surface area contributed by atoms with Crippen LogP contribution in [0.2, 0.25) is 10.0 Å². The molecule has 0 heterocycles. The lowest BCUT2D eigenvalue weighted by molar-refractivity contribution is 0.0846. The molecule has 3 rings (SSSR count). The molecular weight excluding hydrogens is 468 g/mol. The number of hydrazine groups is 1. The first kappa shape index (κ1) is 22.5. The molecule has 0 radical (unpaired) electrons. The summed E-state index contributed by atoms with van der Waals surface area (Å²) >= 11 is 11.8. The van der Waals surface area contributed by atoms with Crippen molar-refractivity contribution in [2.75, 3.05) is 4.72 Å². The quantitative estimate of drug-likeness (QED) is 0.478. The highest BCUT2D eigenvalue weighted by atomic mass is 35.5. The number of benzene rings is 3. The van der Waals surface area contributed by atoms with Gasteiger partial charge in [-0.25, -0.2) is 12.8 Å². The average molecular weight is 482 g/mol. The molecule has 0 bridgehead atoms. The third-order valence-corrected chi connectivity index (χ3v) is 6.09. The third-order valence-electron chi connectivity index (χ3n) is 3.98. The molecule has 2 amide bonds. The first-order chi connectivity index (χ1) is 14.7. The van der Waals surface area contributed by atoms with E-state index in [0.717, 1.165) is 18.2 Å². The summed E-state index contributed by atoms with van der Waals surface area (Å²) in [6, 6.07) is 14.2. The topological polar surface area (TPSA) is 104 Å². The Kier molecular flexibility index (Phi) is 6.79. The summed E-state index contributed by atoms with van der Waals surface area (Å²) in [5.74, 6) is -1.89. The summed E-state index contributed by atoms with van der Waals surface area (Å²) in [5.41, 5.74) is 4.72. The summed E-state index contributed by atoms with van der Waals surface area (Å²) in [5, 5.41) is 0.320. The first-order valence-corrected chi connectivity index (χ1v) is 10.8. The van der Waals surface area contributed by atoms with Gasteiger partial charge in [0.25, 0.3) is 21.8 Å². The van der Waals surface area contributed by atoms with Crippen molar-refractivity contribution in [3.8, 4) is 0 Å². The van der Waals surface area contributed by atoms with E-state index in [1.807, 2.05) is 0 Å². The van der Waals surface area contributed by atoms with Crippen molar-refractivity contribution in [3.05, 3.63) is 93.7 Å². The zero-order valence-corrected chi connectivity index (χ0v) is 17.9. The van der Waals surface area contributed by atoms with Gasteiger partial charge < -0.3 is 0 Å². The maximum atomic E-state index is 13.0. The van der Waals surface area contributed by atoms with Crippen molar-refractivity contribution >= 4 is 50.7 Å². The van der Waals surface area contributed by atoms with Gasteiger partial charge in [-0.15, -0.1) is 0 Å². The van der Waals surface area contributed by atoms with Crippen molar-refractivity contribution in [2.45, 2.75) is 4.90 Å². The predicted octanol–water partition coefficient (Wildman–Crippen LogP) is 4.01. The van der Waals surface area contributed by atoms with Gasteiger partial charge in [-0.3, -0.25) is 25.2 Å². The lowest BCUT2D eigenvalue weighted by Crippen LogP contribution is -2.41. The fourth-order valence-corrected chi connectivity index (χ4v) is 4.15. The number of rotatable bonds is 5. The Labute approximate surface area is 187 Å². The largest absolute Gasteiger partial charge is 0.280 e. The molecule has 31 heavy (non-hydrogen) atoms. The van der Waals surface area contributed by atoms with E-state index in [1.165, 1.54) is 48.5 Å². The van der Waals surface area contributed by atoms with Crippen LogP contribution < -0.4 is 15.6 Å². The Morgan fingerprint density at radius 1 is 0.774 bits per heavy atom. The van der Waals surface area contributed by atoms with Crippen LogP contribution in [0.15, 0.2) is 71.6 Å². The summed E-state index contributed by atoms with van der Waals surface area (Å²) in [7, 11) is -4.18. The molecule has 0 aliphatic heterocycles. The Morgan fingerprint density at radius 3 is 1.94 bits per heavy atom. The van der Waals surface area contributed by atoms with Crippen LogP contribution in [0.4, 0.5) is 10.1 Å². The Bertz CT molecular complexity index is 1230. The van der Waals surface area contributed by atoms with E-state index in [9.17, 15) is 22.4 Å². The number of nitrogens with one attached hydrogen (secondary N) is 3. The van der Waals surface area contributed by atoms with E-state index in [2.05, 4.69) is 15.6 Å². The second kappa shape index (κ2) is 9.34. The highest BCUT2D eigenvalue weighted by Crippen LogP contribution is 2.25. The third kappa shape index (κ3) is 5.72. The molecule has 0 aliphatic carbocycles. The van der Waals surface area contributed by atoms with Crippen LogP contribution in [0.5, 0.6) is 0 Å². The molecule has 11 heteroatoms. The fraction of sp³-hybridized carbons (Fsp3) is 0. The van der Waals surface area contributed by atoms with Gasteiger partial charge in [0, 0.05) is 21.8 Å². The Hall–Kier alpha value is -3.14. The van der Waals surface area contributed by atoms with Crippen molar-refractivity contribution < 1.29 is 22.4 Å². The van der Waals surface area contributed by atoms with Gasteiger partial charge in [0.2, 0.25) is 0 Å². The second-order valence-corrected chi connectivity index (χ2v) is 8.67. The summed E-state index contributed by atoms with van der Waals surface area (Å²) in [4.78, 5) is 24.1. The molecule has 3 N–H and O–H groups in total. The molecule has 0 spiro atoms. The van der Waals surface area contributed by atoms with Crippen LogP contribution in [0.1, 0.15) is 20.7 Å². The minimum absolute atomic E-state index is 0.0692. The maximum absolute atomic E-state index is 13.0. The van der Waals surface area contributed by atoms with E-state index in [4.69, 9.17) is 23.2 Å². The summed E-state index contributed by atoms with van der Waals surface area (Å²) in [6.07, 6.45) is 0. The molecule has 160 valence electrons. The SMILES string of the molecule is O=C(NNC(=O)c1ccc(Cl)c(S(=O)(=O)Nc2ccc(F)cc2)c1)c1ccc(Cl)cc1. The van der Waals surface area contributed by atoms with Gasteiger partial charge in [0.1, 0.15) is 10.7 Å². The molecule has 3 aromatic carbocycles. The van der Waals surface area contributed by atoms with Crippen molar-refractivity contribution in [1.29, 1.82) is 0 Å². The molecule has 0 aromatic heterocycles. The van der Waals surface area contributed by atoms with Gasteiger partial charge in [-0.05, 0) is 66.7 Å². The minimum Gasteiger partial charge on any atom is -0.280 e. The molecule has 3 aromatic rings. The number of anilines is 1. The van der Waals surface area contributed by atoms with Gasteiger partial charge in [-0.1, -0.05) is 23.2 Å². The maximum Gasteiger partial charge on any atom is 0.269 e. The predicted molar refractivity (Wildman–Crippen MR) is 115 cm³/mol. The zero-order chi connectivity index (χ0) is 22.6. The van der Waals surface area contributed by atoms with Crippen LogP contribution in [0, 0.1) is 5.82 Å². The number of sulfonamides is 1. The Morgan fingerprint density at radius 2 is 1.32 bits per heavy atom. The van der Waals surface area contributed by atoms with Gasteiger partial charge in [-0.2, -0.15) is 0 Å². The van der Waals surface area contributed by atoms with Gasteiger partial charge in [0.15, 0.2) is 0 Å². The molecule has 0 aliphatic rings. The van der Waals surface area contributed by atoms with E-state index in [0.29, 0.717) is 5.02 Å². The molecule has 0 fully saturated rings. The molecule has 0 unspecified atom stereocenters. The zero-order valence-electron chi connectivity index (χ0n) is 15.5. The number of hydrogen-bond donors (Lipinski definition) is 3. The first-order valence-electron chi connectivity index (χ1n) is 8.60. The smallest absolute Gasteiger partial charge is 0.269 e. The van der Waals surface area contributed by atoms with Crippen molar-refractivity contribution in [3.63, 3.8) is 0 Å². The normalized spacial score (nSPS) is 10.9. The highest BCUT2D eigenvalue weighted by Gasteiger charge is 2.21. The minimum atomic E-state index is -4.18. The summed E-state index contributed by atoms with van der Waals surface area (Å²) < 4.78 is 40.6. The van der Waals surface area contributed by atoms with Gasteiger partial charge in [0.05, 0.1) is 5.02 Å². The molecular formula is C20H14Cl2FN3O4S. The average Bonchev–Trinajstić information content (AvgIpc) is 2.74. The van der Waals surface area contributed by atoms with Crippen LogP contribution in [0.3, 0.4) is 0 Å². The monoisotopic (exact) mass is 481 g/mol. The van der Waals surface area contributed by atoms with Crippen LogP contribution >= 0.6 is 23.2 Å².